The van der Waals surface area contributed by atoms with E-state index < -0.39 is 0 Å². The van der Waals surface area contributed by atoms with Gasteiger partial charge in [-0.05, 0) is 39.8 Å². The minimum Gasteiger partial charge on any atom is -0.348 e. The van der Waals surface area contributed by atoms with Crippen molar-refractivity contribution in [2.45, 2.75) is 5.92 Å². The summed E-state index contributed by atoms with van der Waals surface area (Å²) >= 11 is 8.78. The smallest absolute Gasteiger partial charge is 0.0922 e. The molecule has 1 atom stereocenters. The molecule has 0 fully saturated rings. The summed E-state index contributed by atoms with van der Waals surface area (Å²) in [5, 5.41) is 0.802. The average molecular weight is 395 g/mol. The third-order valence-corrected chi connectivity index (χ3v) is 4.90. The van der Waals surface area contributed by atoms with Gasteiger partial charge in [-0.15, -0.1) is 0 Å². The number of imidazole rings is 1. The molecule has 0 saturated heterocycles. The van der Waals surface area contributed by atoms with Crippen LogP contribution in [0.4, 0.5) is 0 Å². The van der Waals surface area contributed by atoms with Crippen molar-refractivity contribution in [1.29, 1.82) is 0 Å². The Balaban J connectivity index is 2.19. The Hall–Kier alpha value is -1.33. The van der Waals surface area contributed by atoms with Crippen LogP contribution >= 0.6 is 34.2 Å². The summed E-state index contributed by atoms with van der Waals surface area (Å²) in [5.74, 6) is 0.0703. The lowest BCUT2D eigenvalue weighted by molar-refractivity contribution is 0.932. The van der Waals surface area contributed by atoms with Crippen molar-refractivity contribution in [2.24, 2.45) is 0 Å². The fourth-order valence-electron chi connectivity index (χ4n) is 2.34. The van der Waals surface area contributed by atoms with Crippen LogP contribution in [0.1, 0.15) is 22.7 Å². The van der Waals surface area contributed by atoms with Gasteiger partial charge < -0.3 is 4.98 Å². The van der Waals surface area contributed by atoms with Crippen LogP contribution in [0.2, 0.25) is 5.02 Å². The molecule has 100 valence electrons. The topological polar surface area (TPSA) is 28.7 Å². The van der Waals surface area contributed by atoms with Crippen LogP contribution in [-0.4, -0.2) is 9.97 Å². The quantitative estimate of drug-likeness (QED) is 0.632. The van der Waals surface area contributed by atoms with E-state index in [9.17, 15) is 0 Å². The van der Waals surface area contributed by atoms with Gasteiger partial charge in [0.1, 0.15) is 0 Å². The Bertz CT molecular complexity index is 696. The van der Waals surface area contributed by atoms with Gasteiger partial charge in [0.05, 0.1) is 17.3 Å². The van der Waals surface area contributed by atoms with E-state index in [0.29, 0.717) is 0 Å². The summed E-state index contributed by atoms with van der Waals surface area (Å²) in [5.41, 5.74) is 3.33. The molecule has 0 spiro atoms. The first-order valence-corrected chi connectivity index (χ1v) is 7.70. The largest absolute Gasteiger partial charge is 0.348 e. The summed E-state index contributed by atoms with van der Waals surface area (Å²) < 4.78 is 1.06. The van der Waals surface area contributed by atoms with Crippen molar-refractivity contribution in [1.82, 2.24) is 9.97 Å². The molecule has 0 aliphatic heterocycles. The van der Waals surface area contributed by atoms with E-state index in [0.717, 1.165) is 19.9 Å². The molecule has 3 aromatic rings. The van der Waals surface area contributed by atoms with Gasteiger partial charge in [-0.25, -0.2) is 4.98 Å². The van der Waals surface area contributed by atoms with E-state index in [1.807, 2.05) is 36.5 Å². The van der Waals surface area contributed by atoms with E-state index in [1.165, 1.54) is 5.56 Å². The first-order valence-electron chi connectivity index (χ1n) is 6.24. The fraction of sp³-hybridized carbons (Fsp3) is 0.0625. The third kappa shape index (κ3) is 2.60. The second-order valence-electron chi connectivity index (χ2n) is 4.49. The number of aromatic amines is 1. The molecular weight excluding hydrogens is 383 g/mol. The number of nitrogens with zero attached hydrogens (tertiary/aromatic N) is 1. The molecule has 0 aliphatic carbocycles. The second kappa shape index (κ2) is 5.97. The number of H-pyrrole nitrogens is 1. The zero-order chi connectivity index (χ0) is 13.9. The number of rotatable bonds is 3. The molecule has 0 radical (unpaired) electrons. The molecule has 20 heavy (non-hydrogen) atoms. The molecule has 1 unspecified atom stereocenters. The molecule has 3 rings (SSSR count). The lowest BCUT2D eigenvalue weighted by atomic mass is 9.89. The maximum absolute atomic E-state index is 6.51. The Labute approximate surface area is 136 Å². The lowest BCUT2D eigenvalue weighted by Gasteiger charge is -2.18. The highest BCUT2D eigenvalue weighted by atomic mass is 127. The Morgan fingerprint density at radius 3 is 2.55 bits per heavy atom. The molecule has 2 aromatic carbocycles. The van der Waals surface area contributed by atoms with Gasteiger partial charge in [-0.2, -0.15) is 0 Å². The molecule has 4 heteroatoms. The minimum absolute atomic E-state index is 0.0703. The summed E-state index contributed by atoms with van der Waals surface area (Å²) in [4.78, 5) is 7.35. The van der Waals surface area contributed by atoms with Crippen LogP contribution in [-0.2, 0) is 0 Å². The Morgan fingerprint density at radius 2 is 1.85 bits per heavy atom. The van der Waals surface area contributed by atoms with E-state index >= 15 is 0 Å². The highest BCUT2D eigenvalue weighted by Gasteiger charge is 2.21. The number of hydrogen-bond donors (Lipinski definition) is 1. The Morgan fingerprint density at radius 1 is 1.05 bits per heavy atom. The van der Waals surface area contributed by atoms with Gasteiger partial charge >= 0.3 is 0 Å². The van der Waals surface area contributed by atoms with Crippen LogP contribution in [0.25, 0.3) is 0 Å². The standard InChI is InChI=1S/C16H12ClIN2/c17-16-12(7-4-8-13(16)18)15(14-9-19-10-20-14)11-5-2-1-3-6-11/h1-10,15H,(H,19,20). The predicted molar refractivity (Wildman–Crippen MR) is 90.1 cm³/mol. The van der Waals surface area contributed by atoms with Crippen molar-refractivity contribution in [3.63, 3.8) is 0 Å². The number of benzene rings is 2. The van der Waals surface area contributed by atoms with Crippen LogP contribution in [0, 0.1) is 3.57 Å². The fourth-order valence-corrected chi connectivity index (χ4v) is 3.09. The lowest BCUT2D eigenvalue weighted by Crippen LogP contribution is -2.05. The van der Waals surface area contributed by atoms with Crippen molar-refractivity contribution < 1.29 is 0 Å². The van der Waals surface area contributed by atoms with Crippen molar-refractivity contribution in [3.8, 4) is 0 Å². The van der Waals surface area contributed by atoms with Crippen LogP contribution in [0.15, 0.2) is 61.1 Å². The molecule has 0 saturated carbocycles. The van der Waals surface area contributed by atoms with Gasteiger partial charge in [0.25, 0.3) is 0 Å². The monoisotopic (exact) mass is 394 g/mol. The first-order chi connectivity index (χ1) is 9.77. The maximum atomic E-state index is 6.51. The van der Waals surface area contributed by atoms with Crippen LogP contribution in [0.5, 0.6) is 0 Å². The SMILES string of the molecule is Clc1c(I)cccc1C(c1ccccc1)c1cnc[nH]1. The van der Waals surface area contributed by atoms with Gasteiger partial charge in [-0.1, -0.05) is 54.1 Å². The minimum atomic E-state index is 0.0703. The third-order valence-electron chi connectivity index (χ3n) is 3.26. The van der Waals surface area contributed by atoms with E-state index in [4.69, 9.17) is 11.6 Å². The van der Waals surface area contributed by atoms with E-state index in [2.05, 4.69) is 50.8 Å². The van der Waals surface area contributed by atoms with Crippen molar-refractivity contribution in [3.05, 3.63) is 86.5 Å². The van der Waals surface area contributed by atoms with Gasteiger partial charge in [-0.3, -0.25) is 0 Å². The molecule has 2 nitrogen and oxygen atoms in total. The summed E-state index contributed by atoms with van der Waals surface area (Å²) in [6, 6.07) is 16.5. The molecule has 0 aliphatic rings. The normalized spacial score (nSPS) is 12.3. The summed E-state index contributed by atoms with van der Waals surface area (Å²) in [6.07, 6.45) is 3.56. The number of halogens is 2. The molecule has 1 heterocycles. The summed E-state index contributed by atoms with van der Waals surface area (Å²) in [6.45, 7) is 0. The van der Waals surface area contributed by atoms with E-state index in [-0.39, 0.29) is 5.92 Å². The zero-order valence-electron chi connectivity index (χ0n) is 10.6. The second-order valence-corrected chi connectivity index (χ2v) is 6.03. The molecule has 0 amide bonds. The molecular formula is C16H12ClIN2. The van der Waals surface area contributed by atoms with Gasteiger partial charge in [0.15, 0.2) is 0 Å². The molecule has 1 aromatic heterocycles. The Kier molecular flexibility index (Phi) is 4.08. The number of hydrogen-bond acceptors (Lipinski definition) is 1. The molecule has 1 N–H and O–H groups in total. The number of nitrogens with one attached hydrogen (secondary N) is 1. The van der Waals surface area contributed by atoms with Crippen LogP contribution in [0.3, 0.4) is 0 Å². The summed E-state index contributed by atoms with van der Waals surface area (Å²) in [7, 11) is 0. The highest BCUT2D eigenvalue weighted by molar-refractivity contribution is 14.1. The van der Waals surface area contributed by atoms with Crippen LogP contribution < -0.4 is 0 Å². The number of aromatic nitrogens is 2. The highest BCUT2D eigenvalue weighted by Crippen LogP contribution is 2.36. The van der Waals surface area contributed by atoms with Crippen molar-refractivity contribution in [2.75, 3.05) is 0 Å². The van der Waals surface area contributed by atoms with Gasteiger partial charge in [0, 0.05) is 15.5 Å². The first kappa shape index (κ1) is 13.6. The molecule has 0 bridgehead atoms. The van der Waals surface area contributed by atoms with Crippen molar-refractivity contribution >= 4 is 34.2 Å². The maximum Gasteiger partial charge on any atom is 0.0922 e. The van der Waals surface area contributed by atoms with E-state index in [1.54, 1.807) is 6.33 Å². The van der Waals surface area contributed by atoms with Gasteiger partial charge in [0.2, 0.25) is 0 Å². The zero-order valence-corrected chi connectivity index (χ0v) is 13.5. The predicted octanol–water partition coefficient (Wildman–Crippen LogP) is 4.85. The average Bonchev–Trinajstić information content (AvgIpc) is 2.99.